The Morgan fingerprint density at radius 3 is 2.36 bits per heavy atom. The van der Waals surface area contributed by atoms with Crippen molar-refractivity contribution in [2.24, 2.45) is 5.73 Å². The summed E-state index contributed by atoms with van der Waals surface area (Å²) in [6.07, 6.45) is 1.10. The predicted molar refractivity (Wildman–Crippen MR) is 121 cm³/mol. The van der Waals surface area contributed by atoms with Crippen LogP contribution in [0.5, 0.6) is 0 Å². The summed E-state index contributed by atoms with van der Waals surface area (Å²) in [6.45, 7) is -0.557. The predicted octanol–water partition coefficient (Wildman–Crippen LogP) is -1.39. The maximum atomic E-state index is 12.8. The number of carboxylic acids is 2. The number of aliphatic carboxylic acids is 2. The van der Waals surface area contributed by atoms with E-state index in [9.17, 15) is 29.1 Å². The van der Waals surface area contributed by atoms with Crippen LogP contribution in [0, 0.1) is 0 Å². The Kier molecular flexibility index (Phi) is 9.24. The maximum absolute atomic E-state index is 12.8. The maximum Gasteiger partial charge on any atom is 0.327 e. The van der Waals surface area contributed by atoms with E-state index in [0.717, 1.165) is 10.9 Å². The molecule has 2 aromatic rings. The minimum absolute atomic E-state index is 0.0347. The molecule has 0 saturated heterocycles. The zero-order valence-electron chi connectivity index (χ0n) is 17.4. The first-order chi connectivity index (χ1) is 15.6. The Bertz CT molecular complexity index is 1040. The van der Waals surface area contributed by atoms with Gasteiger partial charge in [0.15, 0.2) is 0 Å². The second kappa shape index (κ2) is 11.9. The molecule has 13 heteroatoms. The van der Waals surface area contributed by atoms with Gasteiger partial charge in [-0.25, -0.2) is 4.79 Å². The van der Waals surface area contributed by atoms with Gasteiger partial charge in [0, 0.05) is 29.3 Å². The van der Waals surface area contributed by atoms with E-state index >= 15 is 0 Å². The lowest BCUT2D eigenvalue weighted by atomic mass is 10.0. The van der Waals surface area contributed by atoms with Crippen LogP contribution < -0.4 is 21.7 Å². The van der Waals surface area contributed by atoms with Crippen molar-refractivity contribution < 1.29 is 34.2 Å². The number of amides is 3. The van der Waals surface area contributed by atoms with Gasteiger partial charge in [0.05, 0.1) is 19.0 Å². The van der Waals surface area contributed by atoms with E-state index in [1.807, 2.05) is 24.3 Å². The summed E-state index contributed by atoms with van der Waals surface area (Å²) in [7, 11) is 0. The summed E-state index contributed by atoms with van der Waals surface area (Å²) in [4.78, 5) is 62.0. The number of carbonyl (C=O) groups excluding carboxylic acids is 3. The quantitative estimate of drug-likeness (QED) is 0.170. The topological polar surface area (TPSA) is 204 Å². The van der Waals surface area contributed by atoms with Gasteiger partial charge < -0.3 is 36.9 Å². The van der Waals surface area contributed by atoms with Crippen LogP contribution in [0.1, 0.15) is 12.0 Å². The average molecular weight is 480 g/mol. The largest absolute Gasteiger partial charge is 0.481 e. The molecule has 0 bridgehead atoms. The summed E-state index contributed by atoms with van der Waals surface area (Å²) in [5.41, 5.74) is 6.96. The van der Waals surface area contributed by atoms with E-state index in [1.165, 1.54) is 0 Å². The SMILES string of the molecule is NC(CC(=O)O)C(=O)NCC(=O)NC(Cc1c[nH]c2ccccc12)C(=O)NC(CS)C(=O)O. The van der Waals surface area contributed by atoms with Gasteiger partial charge in [-0.15, -0.1) is 0 Å². The Morgan fingerprint density at radius 2 is 1.73 bits per heavy atom. The minimum atomic E-state index is -1.34. The molecule has 178 valence electrons. The second-order valence-electron chi connectivity index (χ2n) is 7.19. The highest BCUT2D eigenvalue weighted by molar-refractivity contribution is 7.80. The number of nitrogens with one attached hydrogen (secondary N) is 4. The molecule has 0 aliphatic rings. The van der Waals surface area contributed by atoms with Gasteiger partial charge in [0.2, 0.25) is 17.7 Å². The van der Waals surface area contributed by atoms with Crippen molar-refractivity contribution in [2.45, 2.75) is 31.0 Å². The zero-order valence-corrected chi connectivity index (χ0v) is 18.3. The van der Waals surface area contributed by atoms with Gasteiger partial charge in [-0.3, -0.25) is 19.2 Å². The molecule has 0 radical (unpaired) electrons. The van der Waals surface area contributed by atoms with Gasteiger partial charge in [-0.1, -0.05) is 18.2 Å². The molecule has 0 saturated carbocycles. The summed E-state index contributed by atoms with van der Waals surface area (Å²) < 4.78 is 0. The van der Waals surface area contributed by atoms with Crippen LogP contribution in [-0.4, -0.2) is 75.3 Å². The summed E-state index contributed by atoms with van der Waals surface area (Å²) in [5, 5.41) is 25.7. The number of hydrogen-bond donors (Lipinski definition) is 8. The van der Waals surface area contributed by atoms with Crippen molar-refractivity contribution in [1.29, 1.82) is 0 Å². The third kappa shape index (κ3) is 7.50. The highest BCUT2D eigenvalue weighted by Crippen LogP contribution is 2.19. The number of aromatic nitrogens is 1. The molecular weight excluding hydrogens is 454 g/mol. The van der Waals surface area contributed by atoms with E-state index in [1.54, 1.807) is 6.20 Å². The fourth-order valence-electron chi connectivity index (χ4n) is 3.01. The van der Waals surface area contributed by atoms with E-state index in [-0.39, 0.29) is 12.2 Å². The first-order valence-corrected chi connectivity index (χ1v) is 10.5. The van der Waals surface area contributed by atoms with E-state index in [4.69, 9.17) is 10.8 Å². The van der Waals surface area contributed by atoms with Crippen LogP contribution in [0.25, 0.3) is 10.9 Å². The summed E-state index contributed by atoms with van der Waals surface area (Å²) in [5.74, 6) is -5.05. The second-order valence-corrected chi connectivity index (χ2v) is 7.55. The first kappa shape index (κ1) is 25.7. The van der Waals surface area contributed by atoms with Gasteiger partial charge >= 0.3 is 11.9 Å². The normalized spacial score (nSPS) is 13.5. The molecule has 1 aromatic heterocycles. The van der Waals surface area contributed by atoms with Crippen molar-refractivity contribution in [2.75, 3.05) is 12.3 Å². The molecule has 33 heavy (non-hydrogen) atoms. The lowest BCUT2D eigenvalue weighted by molar-refractivity contribution is -0.141. The van der Waals surface area contributed by atoms with Crippen molar-refractivity contribution in [1.82, 2.24) is 20.9 Å². The van der Waals surface area contributed by atoms with Crippen molar-refractivity contribution in [3.8, 4) is 0 Å². The standard InChI is InChI=1S/C20H25N5O7S/c21-12(6-17(27)28)18(29)23-8-16(26)24-14(19(30)25-15(9-33)20(31)32)5-10-7-22-13-4-2-1-3-11(10)13/h1-4,7,12,14-15,22,33H,5-6,8-9,21H2,(H,23,29)(H,24,26)(H,25,30)(H,27,28)(H,31,32). The highest BCUT2D eigenvalue weighted by atomic mass is 32.1. The number of H-pyrrole nitrogens is 1. The van der Waals surface area contributed by atoms with Crippen LogP contribution in [0.4, 0.5) is 0 Å². The first-order valence-electron chi connectivity index (χ1n) is 9.85. The average Bonchev–Trinajstić information content (AvgIpc) is 3.17. The third-order valence-electron chi connectivity index (χ3n) is 4.70. The molecular formula is C20H25N5O7S. The number of aromatic amines is 1. The molecule has 0 spiro atoms. The Hall–Kier alpha value is -3.58. The number of nitrogens with two attached hydrogens (primary N) is 1. The van der Waals surface area contributed by atoms with Crippen LogP contribution in [-0.2, 0) is 30.4 Å². The van der Waals surface area contributed by atoms with E-state index in [2.05, 4.69) is 33.6 Å². The molecule has 3 amide bonds. The number of para-hydroxylation sites is 1. The van der Waals surface area contributed by atoms with Crippen LogP contribution in [0.3, 0.4) is 0 Å². The monoisotopic (exact) mass is 479 g/mol. The smallest absolute Gasteiger partial charge is 0.327 e. The van der Waals surface area contributed by atoms with Gasteiger partial charge in [-0.05, 0) is 11.6 Å². The van der Waals surface area contributed by atoms with Gasteiger partial charge in [0.1, 0.15) is 12.1 Å². The van der Waals surface area contributed by atoms with Crippen LogP contribution in [0.15, 0.2) is 30.5 Å². The minimum Gasteiger partial charge on any atom is -0.481 e. The van der Waals surface area contributed by atoms with Crippen molar-refractivity contribution in [3.63, 3.8) is 0 Å². The van der Waals surface area contributed by atoms with Crippen LogP contribution >= 0.6 is 12.6 Å². The fraction of sp³-hybridized carbons (Fsp3) is 0.350. The Balaban J connectivity index is 2.12. The Labute approximate surface area is 193 Å². The molecule has 3 unspecified atom stereocenters. The van der Waals surface area contributed by atoms with E-state index in [0.29, 0.717) is 5.56 Å². The molecule has 0 aliphatic carbocycles. The number of hydrogen-bond acceptors (Lipinski definition) is 7. The van der Waals surface area contributed by atoms with Gasteiger partial charge in [0.25, 0.3) is 0 Å². The van der Waals surface area contributed by atoms with Crippen molar-refractivity contribution >= 4 is 53.2 Å². The number of carboxylic acid groups (broad SMARTS) is 2. The molecule has 0 fully saturated rings. The zero-order chi connectivity index (χ0) is 24.5. The number of thiol groups is 1. The molecule has 0 aliphatic heterocycles. The third-order valence-corrected chi connectivity index (χ3v) is 5.07. The number of fused-ring (bicyclic) bond motifs is 1. The molecule has 3 atom stereocenters. The number of rotatable bonds is 12. The number of benzene rings is 1. The van der Waals surface area contributed by atoms with Gasteiger partial charge in [-0.2, -0.15) is 12.6 Å². The molecule has 1 aromatic carbocycles. The summed E-state index contributed by atoms with van der Waals surface area (Å²) in [6, 6.07) is 3.54. The fourth-order valence-corrected chi connectivity index (χ4v) is 3.26. The molecule has 8 N–H and O–H groups in total. The number of carbonyl (C=O) groups is 5. The lowest BCUT2D eigenvalue weighted by Gasteiger charge is -2.21. The Morgan fingerprint density at radius 1 is 1.03 bits per heavy atom. The van der Waals surface area contributed by atoms with E-state index < -0.39 is 60.8 Å². The van der Waals surface area contributed by atoms with Crippen molar-refractivity contribution in [3.05, 3.63) is 36.0 Å². The molecule has 2 rings (SSSR count). The molecule has 1 heterocycles. The molecule has 12 nitrogen and oxygen atoms in total. The lowest BCUT2D eigenvalue weighted by Crippen LogP contribution is -2.55. The summed E-state index contributed by atoms with van der Waals surface area (Å²) >= 11 is 3.91. The highest BCUT2D eigenvalue weighted by Gasteiger charge is 2.27. The van der Waals surface area contributed by atoms with Crippen LogP contribution in [0.2, 0.25) is 0 Å².